The normalized spacial score (nSPS) is 19.4. The molecule has 0 unspecified atom stereocenters. The number of allylic oxidation sites excluding steroid dienone is 1. The van der Waals surface area contributed by atoms with Crippen molar-refractivity contribution in [3.05, 3.63) is 34.7 Å². The molecule has 66 valence electrons. The van der Waals surface area contributed by atoms with Gasteiger partial charge in [-0.15, -0.1) is 11.8 Å². The average Bonchev–Trinajstić information content (AvgIpc) is 2.65. The Balaban J connectivity index is 2.18. The Kier molecular flexibility index (Phi) is 1.62. The summed E-state index contributed by atoms with van der Waals surface area (Å²) < 4.78 is 5.66. The van der Waals surface area contributed by atoms with Crippen molar-refractivity contribution in [2.24, 2.45) is 0 Å². The number of benzene rings is 1. The van der Waals surface area contributed by atoms with Crippen LogP contribution in [0.1, 0.15) is 12.0 Å². The zero-order chi connectivity index (χ0) is 8.67. The van der Waals surface area contributed by atoms with Crippen LogP contribution in [0.25, 0.3) is 5.57 Å². The molecule has 1 nitrogen and oxygen atoms in total. The molecule has 2 aliphatic heterocycles. The van der Waals surface area contributed by atoms with E-state index >= 15 is 0 Å². The molecule has 0 bridgehead atoms. The zero-order valence-electron chi connectivity index (χ0n) is 7.25. The first-order valence-corrected chi connectivity index (χ1v) is 5.51. The van der Waals surface area contributed by atoms with E-state index in [-0.39, 0.29) is 0 Å². The van der Waals surface area contributed by atoms with Crippen molar-refractivity contribution in [1.29, 1.82) is 0 Å². The molecule has 0 atom stereocenters. The van der Waals surface area contributed by atoms with Crippen LogP contribution in [0.15, 0.2) is 29.2 Å². The van der Waals surface area contributed by atoms with Gasteiger partial charge in [0.1, 0.15) is 12.4 Å². The van der Waals surface area contributed by atoms with Crippen LogP contribution in [0.5, 0.6) is 5.75 Å². The highest BCUT2D eigenvalue weighted by Crippen LogP contribution is 2.43. The van der Waals surface area contributed by atoms with Gasteiger partial charge < -0.3 is 4.74 Å². The standard InChI is InChI=1S/C11H10OS/c1-2-4-10-8(3-1)9-5-6-13-11(9)7-12-10/h1-4H,5-7H2. The summed E-state index contributed by atoms with van der Waals surface area (Å²) in [5.74, 6) is 2.28. The van der Waals surface area contributed by atoms with Crippen molar-refractivity contribution >= 4 is 17.3 Å². The summed E-state index contributed by atoms with van der Waals surface area (Å²) in [5.41, 5.74) is 2.83. The maximum Gasteiger partial charge on any atom is 0.127 e. The fourth-order valence-corrected chi connectivity index (χ4v) is 2.98. The summed E-state index contributed by atoms with van der Waals surface area (Å²) in [6.45, 7) is 0.789. The summed E-state index contributed by atoms with van der Waals surface area (Å²) >= 11 is 1.94. The van der Waals surface area contributed by atoms with E-state index < -0.39 is 0 Å². The number of hydrogen-bond acceptors (Lipinski definition) is 2. The topological polar surface area (TPSA) is 9.23 Å². The quantitative estimate of drug-likeness (QED) is 0.622. The van der Waals surface area contributed by atoms with E-state index in [0.29, 0.717) is 0 Å². The van der Waals surface area contributed by atoms with Gasteiger partial charge in [-0.1, -0.05) is 18.2 Å². The van der Waals surface area contributed by atoms with E-state index in [1.54, 1.807) is 0 Å². The van der Waals surface area contributed by atoms with Crippen LogP contribution in [0, 0.1) is 0 Å². The summed E-state index contributed by atoms with van der Waals surface area (Å²) in [5, 5.41) is 0. The van der Waals surface area contributed by atoms with Crippen LogP contribution in [-0.4, -0.2) is 12.4 Å². The molecular formula is C11H10OS. The van der Waals surface area contributed by atoms with E-state index in [1.807, 2.05) is 17.8 Å². The highest BCUT2D eigenvalue weighted by Gasteiger charge is 2.23. The van der Waals surface area contributed by atoms with Gasteiger partial charge in [0, 0.05) is 16.2 Å². The van der Waals surface area contributed by atoms with Crippen LogP contribution in [0.2, 0.25) is 0 Å². The zero-order valence-corrected chi connectivity index (χ0v) is 8.06. The highest BCUT2D eigenvalue weighted by atomic mass is 32.2. The molecule has 0 spiro atoms. The Morgan fingerprint density at radius 3 is 3.15 bits per heavy atom. The summed E-state index contributed by atoms with van der Waals surface area (Å²) in [6.07, 6.45) is 1.21. The van der Waals surface area contributed by atoms with Crippen LogP contribution < -0.4 is 4.74 Å². The fraction of sp³-hybridized carbons (Fsp3) is 0.273. The Morgan fingerprint density at radius 1 is 1.23 bits per heavy atom. The molecule has 13 heavy (non-hydrogen) atoms. The van der Waals surface area contributed by atoms with Crippen molar-refractivity contribution in [2.45, 2.75) is 6.42 Å². The number of para-hydroxylation sites is 1. The summed E-state index contributed by atoms with van der Waals surface area (Å²) in [6, 6.07) is 8.34. The first-order chi connectivity index (χ1) is 6.45. The minimum absolute atomic E-state index is 0.789. The molecule has 1 aromatic rings. The highest BCUT2D eigenvalue weighted by molar-refractivity contribution is 8.03. The van der Waals surface area contributed by atoms with Crippen LogP contribution >= 0.6 is 11.8 Å². The Labute approximate surface area is 81.8 Å². The Morgan fingerprint density at radius 2 is 2.15 bits per heavy atom. The van der Waals surface area contributed by atoms with Gasteiger partial charge in [-0.2, -0.15) is 0 Å². The minimum atomic E-state index is 0.789. The van der Waals surface area contributed by atoms with Gasteiger partial charge in [0.15, 0.2) is 0 Å². The molecule has 0 aliphatic carbocycles. The van der Waals surface area contributed by atoms with Crippen molar-refractivity contribution in [1.82, 2.24) is 0 Å². The average molecular weight is 190 g/mol. The minimum Gasteiger partial charge on any atom is -0.488 e. The molecular weight excluding hydrogens is 180 g/mol. The second-order valence-electron chi connectivity index (χ2n) is 3.29. The Bertz CT molecular complexity index is 381. The van der Waals surface area contributed by atoms with Gasteiger partial charge in [-0.05, 0) is 18.1 Å². The molecule has 2 heteroatoms. The molecule has 2 aliphatic rings. The monoisotopic (exact) mass is 190 g/mol. The molecule has 0 radical (unpaired) electrons. The molecule has 0 amide bonds. The lowest BCUT2D eigenvalue weighted by molar-refractivity contribution is 0.354. The number of thioether (sulfide) groups is 1. The predicted octanol–water partition coefficient (Wildman–Crippen LogP) is 2.93. The molecule has 0 fully saturated rings. The molecule has 2 heterocycles. The second kappa shape index (κ2) is 2.81. The lowest BCUT2D eigenvalue weighted by Gasteiger charge is -2.18. The summed E-state index contributed by atoms with van der Waals surface area (Å²) in [4.78, 5) is 1.44. The number of hydrogen-bond donors (Lipinski definition) is 0. The first-order valence-electron chi connectivity index (χ1n) is 4.52. The van der Waals surface area contributed by atoms with Crippen LogP contribution in [0.4, 0.5) is 0 Å². The SMILES string of the molecule is c1ccc2c(c1)OCC1=C2CCS1. The molecule has 3 rings (SSSR count). The summed E-state index contributed by atoms with van der Waals surface area (Å²) in [7, 11) is 0. The van der Waals surface area contributed by atoms with Crippen molar-refractivity contribution in [3.8, 4) is 5.75 Å². The smallest absolute Gasteiger partial charge is 0.127 e. The van der Waals surface area contributed by atoms with Crippen molar-refractivity contribution < 1.29 is 4.74 Å². The van der Waals surface area contributed by atoms with E-state index in [9.17, 15) is 0 Å². The Hall–Kier alpha value is -0.890. The third-order valence-corrected chi connectivity index (χ3v) is 3.66. The molecule has 1 aromatic carbocycles. The lowest BCUT2D eigenvalue weighted by Crippen LogP contribution is -2.06. The van der Waals surface area contributed by atoms with Gasteiger partial charge in [0.05, 0.1) is 0 Å². The van der Waals surface area contributed by atoms with Gasteiger partial charge in [-0.25, -0.2) is 0 Å². The van der Waals surface area contributed by atoms with Gasteiger partial charge in [0.25, 0.3) is 0 Å². The molecule has 0 saturated heterocycles. The maximum atomic E-state index is 5.66. The van der Waals surface area contributed by atoms with E-state index in [1.165, 1.54) is 28.2 Å². The largest absolute Gasteiger partial charge is 0.488 e. The van der Waals surface area contributed by atoms with Crippen LogP contribution in [0.3, 0.4) is 0 Å². The fourth-order valence-electron chi connectivity index (χ4n) is 1.90. The van der Waals surface area contributed by atoms with Gasteiger partial charge in [-0.3, -0.25) is 0 Å². The van der Waals surface area contributed by atoms with Gasteiger partial charge >= 0.3 is 0 Å². The van der Waals surface area contributed by atoms with Crippen molar-refractivity contribution in [3.63, 3.8) is 0 Å². The number of ether oxygens (including phenoxy) is 1. The van der Waals surface area contributed by atoms with Crippen molar-refractivity contribution in [2.75, 3.05) is 12.4 Å². The van der Waals surface area contributed by atoms with E-state index in [2.05, 4.69) is 18.2 Å². The first kappa shape index (κ1) is 7.51. The van der Waals surface area contributed by atoms with Crippen LogP contribution in [-0.2, 0) is 0 Å². The maximum absolute atomic E-state index is 5.66. The lowest BCUT2D eigenvalue weighted by atomic mass is 10.0. The van der Waals surface area contributed by atoms with E-state index in [4.69, 9.17) is 4.74 Å². The molecule has 0 aromatic heterocycles. The predicted molar refractivity (Wildman–Crippen MR) is 55.9 cm³/mol. The second-order valence-corrected chi connectivity index (χ2v) is 4.47. The molecule has 0 N–H and O–H groups in total. The van der Waals surface area contributed by atoms with E-state index in [0.717, 1.165) is 12.4 Å². The third kappa shape index (κ3) is 1.09. The van der Waals surface area contributed by atoms with Gasteiger partial charge in [0.2, 0.25) is 0 Å². The molecule has 0 saturated carbocycles. The number of rotatable bonds is 0. The number of fused-ring (bicyclic) bond motifs is 2. The third-order valence-electron chi connectivity index (χ3n) is 2.54.